The maximum absolute atomic E-state index is 13.5. The zero-order valence-electron chi connectivity index (χ0n) is 18.0. The molecule has 2 aromatic carbocycles. The van der Waals surface area contributed by atoms with Gasteiger partial charge < -0.3 is 20.9 Å². The number of hydrogen-bond acceptors (Lipinski definition) is 3. The Balaban J connectivity index is 1.53. The number of halogens is 2. The summed E-state index contributed by atoms with van der Waals surface area (Å²) in [6.07, 6.45) is 0.823. The van der Waals surface area contributed by atoms with Gasteiger partial charge in [0.15, 0.2) is 11.6 Å². The van der Waals surface area contributed by atoms with Gasteiger partial charge in [-0.05, 0) is 57.4 Å². The van der Waals surface area contributed by atoms with E-state index in [0.29, 0.717) is 36.6 Å². The van der Waals surface area contributed by atoms with E-state index in [0.717, 1.165) is 12.5 Å². The Hall–Kier alpha value is -3.16. The third-order valence-electron chi connectivity index (χ3n) is 5.01. The minimum atomic E-state index is -0.868. The maximum atomic E-state index is 13.5. The molecule has 2 aromatic rings. The maximum Gasteiger partial charge on any atom is 0.319 e. The number of carbonyl (C=O) groups excluding carboxylic acids is 2. The Morgan fingerprint density at radius 3 is 2.55 bits per heavy atom. The van der Waals surface area contributed by atoms with Gasteiger partial charge >= 0.3 is 6.03 Å². The second-order valence-electron chi connectivity index (χ2n) is 8.78. The summed E-state index contributed by atoms with van der Waals surface area (Å²) < 4.78 is 26.6. The molecule has 1 atom stereocenters. The van der Waals surface area contributed by atoms with Gasteiger partial charge in [0.05, 0.1) is 11.3 Å². The van der Waals surface area contributed by atoms with Gasteiger partial charge in [0, 0.05) is 36.9 Å². The van der Waals surface area contributed by atoms with Crippen LogP contribution in [0.5, 0.6) is 0 Å². The molecule has 3 rings (SSSR count). The number of anilines is 2. The molecule has 6 nitrogen and oxygen atoms in total. The first-order chi connectivity index (χ1) is 14.6. The van der Waals surface area contributed by atoms with Gasteiger partial charge in [-0.2, -0.15) is 0 Å². The minimum Gasteiger partial charge on any atom is -0.371 e. The Morgan fingerprint density at radius 2 is 1.84 bits per heavy atom. The summed E-state index contributed by atoms with van der Waals surface area (Å²) in [6.45, 7) is 7.43. The fourth-order valence-electron chi connectivity index (χ4n) is 3.52. The number of carbonyl (C=O) groups is 2. The number of amides is 3. The molecule has 1 aliphatic rings. The van der Waals surface area contributed by atoms with E-state index in [1.54, 1.807) is 30.3 Å². The molecular formula is C23H28F2N4O2. The lowest BCUT2D eigenvalue weighted by Crippen LogP contribution is -2.41. The molecule has 0 radical (unpaired) electrons. The quantitative estimate of drug-likeness (QED) is 0.668. The summed E-state index contributed by atoms with van der Waals surface area (Å²) in [5, 5.41) is 8.47. The van der Waals surface area contributed by atoms with Crippen molar-refractivity contribution in [3.63, 3.8) is 0 Å². The van der Waals surface area contributed by atoms with Gasteiger partial charge in [-0.15, -0.1) is 0 Å². The van der Waals surface area contributed by atoms with Crippen molar-refractivity contribution in [1.82, 2.24) is 10.6 Å². The predicted octanol–water partition coefficient (Wildman–Crippen LogP) is 4.14. The van der Waals surface area contributed by atoms with Crippen LogP contribution in [0.15, 0.2) is 42.5 Å². The first-order valence-corrected chi connectivity index (χ1v) is 10.3. The van der Waals surface area contributed by atoms with Gasteiger partial charge in [0.1, 0.15) is 0 Å². The highest BCUT2D eigenvalue weighted by molar-refractivity contribution is 6.03. The number of rotatable bonds is 5. The van der Waals surface area contributed by atoms with Crippen LogP contribution in [-0.4, -0.2) is 37.1 Å². The number of hydrogen-bond donors (Lipinski definition) is 3. The summed E-state index contributed by atoms with van der Waals surface area (Å²) in [4.78, 5) is 26.9. The molecule has 1 unspecified atom stereocenters. The van der Waals surface area contributed by atoms with E-state index in [9.17, 15) is 18.4 Å². The zero-order chi connectivity index (χ0) is 22.6. The largest absolute Gasteiger partial charge is 0.371 e. The van der Waals surface area contributed by atoms with Crippen molar-refractivity contribution < 1.29 is 18.4 Å². The van der Waals surface area contributed by atoms with Crippen LogP contribution >= 0.6 is 0 Å². The Labute approximate surface area is 181 Å². The first-order valence-electron chi connectivity index (χ1n) is 10.3. The summed E-state index contributed by atoms with van der Waals surface area (Å²) in [6, 6.07) is 10.3. The lowest BCUT2D eigenvalue weighted by Gasteiger charge is -2.21. The van der Waals surface area contributed by atoms with Gasteiger partial charge in [0.2, 0.25) is 0 Å². The lowest BCUT2D eigenvalue weighted by atomic mass is 10.1. The van der Waals surface area contributed by atoms with Crippen LogP contribution in [0.1, 0.15) is 37.6 Å². The average molecular weight is 430 g/mol. The third-order valence-corrected chi connectivity index (χ3v) is 5.01. The normalized spacial score (nSPS) is 16.2. The lowest BCUT2D eigenvalue weighted by molar-refractivity contribution is 0.0920. The van der Waals surface area contributed by atoms with Crippen molar-refractivity contribution in [3.05, 3.63) is 59.7 Å². The molecule has 0 spiro atoms. The molecule has 1 saturated heterocycles. The van der Waals surface area contributed by atoms with Crippen molar-refractivity contribution >= 4 is 23.3 Å². The molecule has 3 N–H and O–H groups in total. The highest BCUT2D eigenvalue weighted by atomic mass is 19.2. The fraction of sp³-hybridized carbons (Fsp3) is 0.391. The number of nitrogens with one attached hydrogen (secondary N) is 3. The zero-order valence-corrected chi connectivity index (χ0v) is 18.0. The molecule has 1 aliphatic heterocycles. The number of urea groups is 1. The molecular weight excluding hydrogens is 402 g/mol. The van der Waals surface area contributed by atoms with Crippen molar-refractivity contribution in [2.75, 3.05) is 29.9 Å². The third kappa shape index (κ3) is 6.16. The molecule has 0 aromatic heterocycles. The number of para-hydroxylation sites is 1. The van der Waals surface area contributed by atoms with E-state index in [2.05, 4.69) is 16.0 Å². The van der Waals surface area contributed by atoms with Gasteiger partial charge in [-0.1, -0.05) is 12.1 Å². The summed E-state index contributed by atoms with van der Waals surface area (Å²) >= 11 is 0. The summed E-state index contributed by atoms with van der Waals surface area (Å²) in [5.74, 6) is -1.82. The van der Waals surface area contributed by atoms with Crippen LogP contribution in [0.3, 0.4) is 0 Å². The molecule has 8 heteroatoms. The first kappa shape index (κ1) is 22.5. The van der Waals surface area contributed by atoms with Crippen molar-refractivity contribution in [1.29, 1.82) is 0 Å². The molecule has 0 saturated carbocycles. The van der Waals surface area contributed by atoms with Gasteiger partial charge in [0.25, 0.3) is 5.91 Å². The highest BCUT2D eigenvalue weighted by Gasteiger charge is 2.24. The monoisotopic (exact) mass is 430 g/mol. The van der Waals surface area contributed by atoms with Crippen LogP contribution in [0.25, 0.3) is 0 Å². The molecule has 1 heterocycles. The standard InChI is InChI=1S/C23H28F2N4O2/c1-23(2,3)28-21(30)17-6-4-5-7-20(17)27-22(31)26-13-15-10-11-29(14-15)16-8-9-18(24)19(25)12-16/h4-9,12,15H,10-11,13-14H2,1-3H3,(H,28,30)(H2,26,27,31). The SMILES string of the molecule is CC(C)(C)NC(=O)c1ccccc1NC(=O)NCC1CCN(c2ccc(F)c(F)c2)C1. The van der Waals surface area contributed by atoms with E-state index in [4.69, 9.17) is 0 Å². The second kappa shape index (κ2) is 9.32. The number of nitrogens with zero attached hydrogens (tertiary/aromatic N) is 1. The molecule has 0 bridgehead atoms. The molecule has 1 fully saturated rings. The van der Waals surface area contributed by atoms with Crippen LogP contribution < -0.4 is 20.9 Å². The Bertz CT molecular complexity index is 959. The Morgan fingerprint density at radius 1 is 1.10 bits per heavy atom. The van der Waals surface area contributed by atoms with Crippen LogP contribution in [0, 0.1) is 17.6 Å². The predicted molar refractivity (Wildman–Crippen MR) is 117 cm³/mol. The van der Waals surface area contributed by atoms with Crippen molar-refractivity contribution in [3.8, 4) is 0 Å². The van der Waals surface area contributed by atoms with E-state index in [1.807, 2.05) is 25.7 Å². The minimum absolute atomic E-state index is 0.179. The number of benzene rings is 2. The molecule has 0 aliphatic carbocycles. The molecule has 166 valence electrons. The van der Waals surface area contributed by atoms with Crippen LogP contribution in [0.2, 0.25) is 0 Å². The van der Waals surface area contributed by atoms with Crippen molar-refractivity contribution in [2.45, 2.75) is 32.7 Å². The fourth-order valence-corrected chi connectivity index (χ4v) is 3.52. The average Bonchev–Trinajstić information content (AvgIpc) is 3.17. The van der Waals surface area contributed by atoms with Crippen LogP contribution in [0.4, 0.5) is 25.0 Å². The molecule has 31 heavy (non-hydrogen) atoms. The topological polar surface area (TPSA) is 73.5 Å². The van der Waals surface area contributed by atoms with E-state index < -0.39 is 23.2 Å². The van der Waals surface area contributed by atoms with E-state index >= 15 is 0 Å². The van der Waals surface area contributed by atoms with Crippen molar-refractivity contribution in [2.24, 2.45) is 5.92 Å². The molecule has 3 amide bonds. The summed E-state index contributed by atoms with van der Waals surface area (Å²) in [5.41, 5.74) is 1.05. The van der Waals surface area contributed by atoms with E-state index in [-0.39, 0.29) is 11.8 Å². The van der Waals surface area contributed by atoms with E-state index in [1.165, 1.54) is 6.07 Å². The second-order valence-corrected chi connectivity index (χ2v) is 8.78. The van der Waals surface area contributed by atoms with Gasteiger partial charge in [-0.25, -0.2) is 13.6 Å². The smallest absolute Gasteiger partial charge is 0.319 e. The van der Waals surface area contributed by atoms with Gasteiger partial charge in [-0.3, -0.25) is 4.79 Å². The Kier molecular flexibility index (Phi) is 6.77. The highest BCUT2D eigenvalue weighted by Crippen LogP contribution is 2.25. The summed E-state index contributed by atoms with van der Waals surface area (Å²) in [7, 11) is 0. The van der Waals surface area contributed by atoms with Crippen LogP contribution in [-0.2, 0) is 0 Å².